The van der Waals surface area contributed by atoms with Gasteiger partial charge in [-0.1, -0.05) is 0 Å². The van der Waals surface area contributed by atoms with Gasteiger partial charge in [0.1, 0.15) is 4.91 Å². The first-order valence-corrected chi connectivity index (χ1v) is 3.07. The van der Waals surface area contributed by atoms with Crippen molar-refractivity contribution in [3.63, 3.8) is 0 Å². The highest BCUT2D eigenvalue weighted by Gasteiger charge is 2.16. The number of nitrogens with zero attached hydrogens (tertiary/aromatic N) is 2. The monoisotopic (exact) mass is 161 g/mol. The van der Waals surface area contributed by atoms with Gasteiger partial charge in [-0.05, 0) is 5.43 Å². The quantitative estimate of drug-likeness (QED) is 0.333. The second-order valence-corrected chi connectivity index (χ2v) is 2.11. The second kappa shape index (κ2) is 3.15. The molecule has 1 atom stereocenters. The molecule has 0 fully saturated rings. The number of hydrogen-bond acceptors (Lipinski definition) is 4. The maximum atomic E-state index is 9.97. The SMILES string of the molecule is O=[N+](O)NC1=NCC(O)CN1. The van der Waals surface area contributed by atoms with E-state index in [9.17, 15) is 4.91 Å². The molecule has 1 aliphatic heterocycles. The van der Waals surface area contributed by atoms with E-state index in [2.05, 4.69) is 10.3 Å². The van der Waals surface area contributed by atoms with E-state index in [0.29, 0.717) is 6.54 Å². The fourth-order valence-corrected chi connectivity index (χ4v) is 0.697. The van der Waals surface area contributed by atoms with Gasteiger partial charge in [-0.3, -0.25) is 0 Å². The Morgan fingerprint density at radius 3 is 3.00 bits per heavy atom. The number of hydrogen-bond donors (Lipinski definition) is 4. The summed E-state index contributed by atoms with van der Waals surface area (Å²) in [6.07, 6.45) is -0.528. The van der Waals surface area contributed by atoms with Gasteiger partial charge in [-0.2, -0.15) is 0 Å². The summed E-state index contributed by atoms with van der Waals surface area (Å²) < 4.78 is 0. The van der Waals surface area contributed by atoms with Crippen LogP contribution in [0.3, 0.4) is 0 Å². The zero-order valence-corrected chi connectivity index (χ0v) is 5.69. The van der Waals surface area contributed by atoms with Gasteiger partial charge in [-0.25, -0.2) is 10.2 Å². The maximum Gasteiger partial charge on any atom is 0.362 e. The van der Waals surface area contributed by atoms with Crippen molar-refractivity contribution in [2.24, 2.45) is 4.99 Å². The number of aliphatic hydroxyl groups excluding tert-OH is 1. The van der Waals surface area contributed by atoms with Crippen molar-refractivity contribution in [2.45, 2.75) is 6.10 Å². The van der Waals surface area contributed by atoms with E-state index in [4.69, 9.17) is 10.3 Å². The molecule has 0 aromatic rings. The van der Waals surface area contributed by atoms with Crippen LogP contribution in [0.4, 0.5) is 0 Å². The van der Waals surface area contributed by atoms with Crippen molar-refractivity contribution in [3.05, 3.63) is 4.91 Å². The Bertz CT molecular complexity index is 192. The van der Waals surface area contributed by atoms with E-state index in [1.807, 2.05) is 5.43 Å². The van der Waals surface area contributed by atoms with Crippen molar-refractivity contribution in [1.29, 1.82) is 0 Å². The fraction of sp³-hybridized carbons (Fsp3) is 0.750. The minimum atomic E-state index is -0.528. The van der Waals surface area contributed by atoms with Gasteiger partial charge in [0.15, 0.2) is 0 Å². The minimum absolute atomic E-state index is 0.160. The molecule has 0 saturated carbocycles. The smallest absolute Gasteiger partial charge is 0.362 e. The van der Waals surface area contributed by atoms with Crippen molar-refractivity contribution in [1.82, 2.24) is 10.7 Å². The molecule has 0 radical (unpaired) electrons. The molecule has 1 aliphatic rings. The summed E-state index contributed by atoms with van der Waals surface area (Å²) in [6.45, 7) is 0.544. The molecule has 0 aromatic carbocycles. The largest absolute Gasteiger partial charge is 0.389 e. The third-order valence-electron chi connectivity index (χ3n) is 1.17. The average molecular weight is 161 g/mol. The van der Waals surface area contributed by atoms with Crippen LogP contribution < -0.4 is 10.7 Å². The fourth-order valence-electron chi connectivity index (χ4n) is 0.697. The summed E-state index contributed by atoms with van der Waals surface area (Å²) in [4.78, 5) is 13.7. The Labute approximate surface area is 62.2 Å². The van der Waals surface area contributed by atoms with Crippen LogP contribution in [0.15, 0.2) is 4.99 Å². The Kier molecular flexibility index (Phi) is 2.21. The van der Waals surface area contributed by atoms with Crippen LogP contribution >= 0.6 is 0 Å². The zero-order valence-electron chi connectivity index (χ0n) is 5.69. The first kappa shape index (κ1) is 7.73. The summed E-state index contributed by atoms with van der Waals surface area (Å²) in [5, 5.41) is 19.2. The summed E-state index contributed by atoms with van der Waals surface area (Å²) in [7, 11) is 0. The van der Waals surface area contributed by atoms with E-state index in [1.165, 1.54) is 0 Å². The lowest BCUT2D eigenvalue weighted by atomic mass is 10.3. The molecule has 0 amide bonds. The van der Waals surface area contributed by atoms with E-state index in [1.54, 1.807) is 0 Å². The first-order valence-electron chi connectivity index (χ1n) is 3.07. The van der Waals surface area contributed by atoms with Crippen LogP contribution in [0, 0.1) is 4.91 Å². The number of nitrogens with one attached hydrogen (secondary N) is 2. The molecule has 0 bridgehead atoms. The van der Waals surface area contributed by atoms with Gasteiger partial charge in [0.2, 0.25) is 0 Å². The van der Waals surface area contributed by atoms with Gasteiger partial charge in [0, 0.05) is 6.54 Å². The standard InChI is InChI=1S/C4H9N4O3/c9-3-1-5-4(6-2-3)7-8(10)11/h3,9H,1-2H2,(H,10,11)(H2,5,6,7)/q+1. The van der Waals surface area contributed by atoms with E-state index >= 15 is 0 Å². The molecule has 7 heteroatoms. The number of aliphatic imine (C=N–C) groups is 1. The van der Waals surface area contributed by atoms with Gasteiger partial charge in [-0.15, -0.1) is 0 Å². The van der Waals surface area contributed by atoms with Gasteiger partial charge in [0.25, 0.3) is 5.96 Å². The number of aliphatic hydroxyl groups is 1. The molecule has 0 spiro atoms. The number of guanidine groups is 1. The minimum Gasteiger partial charge on any atom is -0.389 e. The lowest BCUT2D eigenvalue weighted by Gasteiger charge is -2.15. The molecule has 0 aliphatic carbocycles. The summed E-state index contributed by atoms with van der Waals surface area (Å²) in [5.41, 5.74) is 1.96. The number of β-amino-alcohol motifs (C(OH)–C–C–N with tert-alkyl or cyclic N) is 1. The van der Waals surface area contributed by atoms with Crippen molar-refractivity contribution >= 4 is 5.96 Å². The molecular formula is C4H9N4O3+. The molecular weight excluding hydrogens is 152 g/mol. The van der Waals surface area contributed by atoms with Crippen LogP contribution in [0.25, 0.3) is 0 Å². The summed E-state index contributed by atoms with van der Waals surface area (Å²) >= 11 is 0. The lowest BCUT2D eigenvalue weighted by Crippen LogP contribution is -2.48. The van der Waals surface area contributed by atoms with Crippen molar-refractivity contribution < 1.29 is 15.3 Å². The first-order chi connectivity index (χ1) is 5.18. The molecule has 62 valence electrons. The predicted molar refractivity (Wildman–Crippen MR) is 34.9 cm³/mol. The molecule has 0 aromatic heterocycles. The molecule has 1 heterocycles. The highest BCUT2D eigenvalue weighted by Crippen LogP contribution is 1.88. The highest BCUT2D eigenvalue weighted by atomic mass is 16.7. The van der Waals surface area contributed by atoms with Crippen LogP contribution in [-0.4, -0.2) is 40.5 Å². The third-order valence-corrected chi connectivity index (χ3v) is 1.17. The van der Waals surface area contributed by atoms with Crippen LogP contribution in [0.2, 0.25) is 0 Å². The van der Waals surface area contributed by atoms with Gasteiger partial charge >= 0.3 is 5.03 Å². The maximum absolute atomic E-state index is 9.97. The highest BCUT2D eigenvalue weighted by molar-refractivity contribution is 5.79. The topological polar surface area (TPSA) is 97.0 Å². The van der Waals surface area contributed by atoms with Crippen LogP contribution in [-0.2, 0) is 0 Å². The molecule has 1 rings (SSSR count). The normalized spacial score (nSPS) is 23.4. The van der Waals surface area contributed by atoms with Crippen molar-refractivity contribution in [3.8, 4) is 0 Å². The van der Waals surface area contributed by atoms with Crippen molar-refractivity contribution in [2.75, 3.05) is 13.1 Å². The summed E-state index contributed by atoms with van der Waals surface area (Å²) in [5.74, 6) is 0.160. The Hall–Kier alpha value is -1.37. The number of hydrazine groups is 1. The zero-order chi connectivity index (χ0) is 8.27. The predicted octanol–water partition coefficient (Wildman–Crippen LogP) is -2.02. The molecule has 11 heavy (non-hydrogen) atoms. The van der Waals surface area contributed by atoms with E-state index < -0.39 is 11.1 Å². The molecule has 0 saturated heterocycles. The van der Waals surface area contributed by atoms with Crippen LogP contribution in [0.5, 0.6) is 0 Å². The van der Waals surface area contributed by atoms with Crippen LogP contribution in [0.1, 0.15) is 0 Å². The molecule has 7 nitrogen and oxygen atoms in total. The Morgan fingerprint density at radius 1 is 1.82 bits per heavy atom. The average Bonchev–Trinajstić information content (AvgIpc) is 1.93. The Morgan fingerprint density at radius 2 is 2.55 bits per heavy atom. The second-order valence-electron chi connectivity index (χ2n) is 2.11. The van der Waals surface area contributed by atoms with Gasteiger partial charge in [0.05, 0.1) is 12.6 Å². The third kappa shape index (κ3) is 2.38. The summed E-state index contributed by atoms with van der Waals surface area (Å²) in [6, 6.07) is 0. The molecule has 4 N–H and O–H groups in total. The lowest BCUT2D eigenvalue weighted by molar-refractivity contribution is -0.822. The Balaban J connectivity index is 2.41. The van der Waals surface area contributed by atoms with E-state index in [-0.39, 0.29) is 12.5 Å². The number of rotatable bonds is 1. The molecule has 1 unspecified atom stereocenters. The van der Waals surface area contributed by atoms with Gasteiger partial charge < -0.3 is 10.4 Å². The van der Waals surface area contributed by atoms with E-state index in [0.717, 1.165) is 0 Å².